The molecule has 1 aromatic heterocycles. The summed E-state index contributed by atoms with van der Waals surface area (Å²) in [6, 6.07) is 9.57. The number of methoxy groups -OCH3 is 1. The van der Waals surface area contributed by atoms with Crippen LogP contribution in [0.4, 0.5) is 0 Å². The molecule has 0 spiro atoms. The van der Waals surface area contributed by atoms with Gasteiger partial charge in [-0.25, -0.2) is 0 Å². The second-order valence-electron chi connectivity index (χ2n) is 7.47. The van der Waals surface area contributed by atoms with Crippen molar-refractivity contribution in [2.24, 2.45) is 0 Å². The molecule has 0 unspecified atom stereocenters. The average Bonchev–Trinajstić information content (AvgIpc) is 3.08. The zero-order valence-corrected chi connectivity index (χ0v) is 16.2. The summed E-state index contributed by atoms with van der Waals surface area (Å²) in [7, 11) is 1.63. The molecule has 2 aromatic rings. The van der Waals surface area contributed by atoms with E-state index < -0.39 is 0 Å². The number of aryl methyl sites for hydroxylation is 1. The van der Waals surface area contributed by atoms with Crippen molar-refractivity contribution in [2.75, 3.05) is 26.7 Å². The topological polar surface area (TPSA) is 76.5 Å². The molecule has 4 rings (SSSR count). The molecule has 7 nitrogen and oxygen atoms in total. The fourth-order valence-corrected chi connectivity index (χ4v) is 3.97. The van der Waals surface area contributed by atoms with Gasteiger partial charge in [0.25, 0.3) is 5.91 Å². The van der Waals surface area contributed by atoms with E-state index in [2.05, 4.69) is 10.4 Å². The van der Waals surface area contributed by atoms with Gasteiger partial charge in [-0.05, 0) is 43.0 Å². The first-order chi connectivity index (χ1) is 13.6. The zero-order chi connectivity index (χ0) is 19.5. The molecule has 3 heterocycles. The SMILES string of the molecule is COc1ccc(CC(=O)N2CCC(c3cc4n(n3)CCCNC4=O)CC2)cc1. The third-order valence-corrected chi connectivity index (χ3v) is 5.64. The van der Waals surface area contributed by atoms with Gasteiger partial charge >= 0.3 is 0 Å². The van der Waals surface area contributed by atoms with E-state index in [4.69, 9.17) is 4.74 Å². The van der Waals surface area contributed by atoms with Crippen molar-refractivity contribution in [3.05, 3.63) is 47.3 Å². The van der Waals surface area contributed by atoms with Gasteiger partial charge < -0.3 is 15.0 Å². The summed E-state index contributed by atoms with van der Waals surface area (Å²) in [5.74, 6) is 1.22. The van der Waals surface area contributed by atoms with Crippen LogP contribution in [0.3, 0.4) is 0 Å². The van der Waals surface area contributed by atoms with E-state index >= 15 is 0 Å². The quantitative estimate of drug-likeness (QED) is 0.877. The Hall–Kier alpha value is -2.83. The predicted octanol–water partition coefficient (Wildman–Crippen LogP) is 1.97. The Labute approximate surface area is 164 Å². The van der Waals surface area contributed by atoms with Crippen LogP contribution in [0.2, 0.25) is 0 Å². The van der Waals surface area contributed by atoms with Gasteiger partial charge in [-0.1, -0.05) is 12.1 Å². The first kappa shape index (κ1) is 18.5. The van der Waals surface area contributed by atoms with Gasteiger partial charge in [0.2, 0.25) is 5.91 Å². The lowest BCUT2D eigenvalue weighted by Gasteiger charge is -2.31. The van der Waals surface area contributed by atoms with Gasteiger partial charge in [-0.2, -0.15) is 5.10 Å². The average molecular weight is 382 g/mol. The number of carbonyl (C=O) groups excluding carboxylic acids is 2. The molecule has 0 aliphatic carbocycles. The molecule has 28 heavy (non-hydrogen) atoms. The van der Waals surface area contributed by atoms with Crippen molar-refractivity contribution in [1.29, 1.82) is 0 Å². The van der Waals surface area contributed by atoms with Gasteiger partial charge in [-0.15, -0.1) is 0 Å². The van der Waals surface area contributed by atoms with Crippen molar-refractivity contribution < 1.29 is 14.3 Å². The number of fused-ring (bicyclic) bond motifs is 1. The van der Waals surface area contributed by atoms with Crippen molar-refractivity contribution >= 4 is 11.8 Å². The lowest BCUT2D eigenvalue weighted by molar-refractivity contribution is -0.131. The second kappa shape index (κ2) is 8.04. The van der Waals surface area contributed by atoms with Crippen molar-refractivity contribution in [3.63, 3.8) is 0 Å². The summed E-state index contributed by atoms with van der Waals surface area (Å²) in [6.45, 7) is 2.93. The minimum atomic E-state index is -0.0386. The van der Waals surface area contributed by atoms with E-state index in [-0.39, 0.29) is 11.8 Å². The Balaban J connectivity index is 1.34. The van der Waals surface area contributed by atoms with Gasteiger partial charge in [-0.3, -0.25) is 14.3 Å². The number of ether oxygens (including phenoxy) is 1. The van der Waals surface area contributed by atoms with Gasteiger partial charge in [0, 0.05) is 32.1 Å². The highest BCUT2D eigenvalue weighted by Gasteiger charge is 2.27. The minimum absolute atomic E-state index is 0.0386. The fourth-order valence-electron chi connectivity index (χ4n) is 3.97. The smallest absolute Gasteiger partial charge is 0.269 e. The van der Waals surface area contributed by atoms with E-state index in [9.17, 15) is 9.59 Å². The molecule has 1 N–H and O–H groups in total. The lowest BCUT2D eigenvalue weighted by Crippen LogP contribution is -2.38. The number of benzene rings is 1. The summed E-state index contributed by atoms with van der Waals surface area (Å²) in [5.41, 5.74) is 2.64. The Morgan fingerprint density at radius 1 is 1.21 bits per heavy atom. The van der Waals surface area contributed by atoms with Gasteiger partial charge in [0.1, 0.15) is 11.4 Å². The Bertz CT molecular complexity index is 851. The molecule has 2 aliphatic heterocycles. The predicted molar refractivity (Wildman–Crippen MR) is 104 cm³/mol. The number of hydrogen-bond donors (Lipinski definition) is 1. The Morgan fingerprint density at radius 2 is 1.96 bits per heavy atom. The van der Waals surface area contributed by atoms with Crippen LogP contribution in [0.25, 0.3) is 0 Å². The van der Waals surface area contributed by atoms with E-state index in [0.29, 0.717) is 24.6 Å². The highest BCUT2D eigenvalue weighted by molar-refractivity contribution is 5.92. The Morgan fingerprint density at radius 3 is 2.68 bits per heavy atom. The summed E-state index contributed by atoms with van der Waals surface area (Å²) >= 11 is 0. The van der Waals surface area contributed by atoms with Crippen molar-refractivity contribution in [2.45, 2.75) is 38.1 Å². The fraction of sp³-hybridized carbons (Fsp3) is 0.476. The van der Waals surface area contributed by atoms with Crippen LogP contribution < -0.4 is 10.1 Å². The number of piperidine rings is 1. The molecule has 0 bridgehead atoms. The lowest BCUT2D eigenvalue weighted by atomic mass is 9.93. The van der Waals surface area contributed by atoms with Crippen LogP contribution in [-0.4, -0.2) is 53.2 Å². The molecule has 1 fully saturated rings. The molecule has 2 aliphatic rings. The molecule has 148 valence electrons. The van der Waals surface area contributed by atoms with Gasteiger partial charge in [0.05, 0.1) is 19.2 Å². The summed E-state index contributed by atoms with van der Waals surface area (Å²) in [6.07, 6.45) is 3.07. The first-order valence-electron chi connectivity index (χ1n) is 9.90. The number of nitrogens with one attached hydrogen (secondary N) is 1. The molecular weight excluding hydrogens is 356 g/mol. The van der Waals surface area contributed by atoms with E-state index in [1.54, 1.807) is 7.11 Å². The zero-order valence-electron chi connectivity index (χ0n) is 16.2. The largest absolute Gasteiger partial charge is 0.497 e. The number of aromatic nitrogens is 2. The maximum absolute atomic E-state index is 12.6. The standard InChI is InChI=1S/C21H26N4O3/c1-28-17-5-3-15(4-6-17)13-20(26)24-11-7-16(8-12-24)18-14-19-21(27)22-9-2-10-25(19)23-18/h3-6,14,16H,2,7-13H2,1H3,(H,22,27). The van der Waals surface area contributed by atoms with Gasteiger partial charge in [0.15, 0.2) is 0 Å². The number of amides is 2. The molecule has 2 amide bonds. The molecule has 0 atom stereocenters. The van der Waals surface area contributed by atoms with E-state index in [1.807, 2.05) is 39.9 Å². The van der Waals surface area contributed by atoms with Crippen LogP contribution in [0.5, 0.6) is 5.75 Å². The number of rotatable bonds is 4. The number of hydrogen-bond acceptors (Lipinski definition) is 4. The van der Waals surface area contributed by atoms with E-state index in [1.165, 1.54) is 0 Å². The molecule has 1 saturated heterocycles. The third kappa shape index (κ3) is 3.88. The third-order valence-electron chi connectivity index (χ3n) is 5.64. The summed E-state index contributed by atoms with van der Waals surface area (Å²) < 4.78 is 6.99. The number of nitrogens with zero attached hydrogens (tertiary/aromatic N) is 3. The monoisotopic (exact) mass is 382 g/mol. The van der Waals surface area contributed by atoms with Crippen LogP contribution >= 0.6 is 0 Å². The minimum Gasteiger partial charge on any atom is -0.497 e. The van der Waals surface area contributed by atoms with Crippen molar-refractivity contribution in [1.82, 2.24) is 20.0 Å². The highest BCUT2D eigenvalue weighted by atomic mass is 16.5. The first-order valence-corrected chi connectivity index (χ1v) is 9.90. The molecule has 0 radical (unpaired) electrons. The van der Waals surface area contributed by atoms with Crippen molar-refractivity contribution in [3.8, 4) is 5.75 Å². The second-order valence-corrected chi connectivity index (χ2v) is 7.47. The number of carbonyl (C=O) groups is 2. The maximum atomic E-state index is 12.6. The summed E-state index contributed by atoms with van der Waals surface area (Å²) in [5, 5.41) is 7.59. The Kier molecular flexibility index (Phi) is 5.32. The number of likely N-dealkylation sites (tertiary alicyclic amines) is 1. The summed E-state index contributed by atoms with van der Waals surface area (Å²) in [4.78, 5) is 26.7. The maximum Gasteiger partial charge on any atom is 0.269 e. The van der Waals surface area contributed by atoms with Crippen LogP contribution in [0.1, 0.15) is 46.9 Å². The normalized spacial score (nSPS) is 17.6. The molecular formula is C21H26N4O3. The van der Waals surface area contributed by atoms with Crippen LogP contribution in [0.15, 0.2) is 30.3 Å². The highest BCUT2D eigenvalue weighted by Crippen LogP contribution is 2.28. The van der Waals surface area contributed by atoms with E-state index in [0.717, 1.165) is 55.9 Å². The van der Waals surface area contributed by atoms with Crippen LogP contribution in [0, 0.1) is 0 Å². The molecule has 7 heteroatoms. The molecule has 0 saturated carbocycles. The molecule has 1 aromatic carbocycles. The van der Waals surface area contributed by atoms with Crippen LogP contribution in [-0.2, 0) is 17.8 Å².